The minimum absolute atomic E-state index is 0.181. The van der Waals surface area contributed by atoms with Crippen molar-refractivity contribution < 1.29 is 27.5 Å². The van der Waals surface area contributed by atoms with Crippen molar-refractivity contribution in [3.8, 4) is 0 Å². The number of ether oxygens (including phenoxy) is 2. The van der Waals surface area contributed by atoms with E-state index in [1.54, 1.807) is 39.0 Å². The highest BCUT2D eigenvalue weighted by Gasteiger charge is 2.34. The van der Waals surface area contributed by atoms with Gasteiger partial charge in [-0.15, -0.1) is 0 Å². The summed E-state index contributed by atoms with van der Waals surface area (Å²) in [5, 5.41) is 0.434. The first kappa shape index (κ1) is 25.8. The zero-order valence-corrected chi connectivity index (χ0v) is 20.6. The van der Waals surface area contributed by atoms with E-state index in [2.05, 4.69) is 4.74 Å². The zero-order chi connectivity index (χ0) is 24.3. The van der Waals surface area contributed by atoms with E-state index < -0.39 is 27.9 Å². The molecule has 0 atom stereocenters. The van der Waals surface area contributed by atoms with Gasteiger partial charge in [0.25, 0.3) is 0 Å². The quantitative estimate of drug-likeness (QED) is 0.521. The number of methoxy groups -OCH3 is 1. The maximum atomic E-state index is 13.4. The van der Waals surface area contributed by atoms with Gasteiger partial charge in [0.05, 0.1) is 35.0 Å². The molecule has 2 rings (SSSR count). The van der Waals surface area contributed by atoms with Crippen LogP contribution in [-0.2, 0) is 26.2 Å². The molecule has 0 spiro atoms. The summed E-state index contributed by atoms with van der Waals surface area (Å²) >= 11 is 12.3. The van der Waals surface area contributed by atoms with Crippen LogP contribution in [0.3, 0.4) is 0 Å². The molecule has 0 fully saturated rings. The van der Waals surface area contributed by atoms with Crippen LogP contribution in [0.2, 0.25) is 10.0 Å². The molecule has 2 aromatic carbocycles. The van der Waals surface area contributed by atoms with E-state index >= 15 is 0 Å². The van der Waals surface area contributed by atoms with Crippen LogP contribution in [0.5, 0.6) is 0 Å². The summed E-state index contributed by atoms with van der Waals surface area (Å²) in [7, 11) is -2.08. The highest BCUT2D eigenvalue weighted by molar-refractivity contribution is 7.91. The number of halogens is 2. The summed E-state index contributed by atoms with van der Waals surface area (Å²) < 4.78 is 38.2. The number of anilines is 1. The van der Waals surface area contributed by atoms with Gasteiger partial charge in [-0.3, -0.25) is 0 Å². The number of nitrogens with zero attached hydrogens (tertiary/aromatic N) is 2. The number of carbonyl (C=O) groups is 2. The first-order chi connectivity index (χ1) is 14.8. The van der Waals surface area contributed by atoms with Crippen LogP contribution in [0, 0.1) is 0 Å². The molecule has 0 bridgehead atoms. The fourth-order valence-corrected chi connectivity index (χ4v) is 4.17. The molecule has 0 aliphatic carbocycles. The third-order valence-electron chi connectivity index (χ3n) is 4.20. The lowest BCUT2D eigenvalue weighted by molar-refractivity contribution is 0.0419. The van der Waals surface area contributed by atoms with E-state index in [1.165, 1.54) is 31.4 Å². The lowest BCUT2D eigenvalue weighted by Gasteiger charge is -2.31. The van der Waals surface area contributed by atoms with E-state index in [4.69, 9.17) is 27.9 Å². The van der Waals surface area contributed by atoms with Gasteiger partial charge in [0, 0.05) is 7.05 Å². The van der Waals surface area contributed by atoms with Crippen molar-refractivity contribution in [2.75, 3.05) is 18.5 Å². The van der Waals surface area contributed by atoms with Crippen LogP contribution in [0.1, 0.15) is 36.7 Å². The van der Waals surface area contributed by atoms with Gasteiger partial charge < -0.3 is 9.47 Å². The van der Waals surface area contributed by atoms with Gasteiger partial charge in [-0.05, 0) is 56.7 Å². The van der Waals surface area contributed by atoms with Gasteiger partial charge in [-0.1, -0.05) is 35.3 Å². The van der Waals surface area contributed by atoms with Crippen molar-refractivity contribution in [2.45, 2.75) is 32.9 Å². The molecule has 0 saturated carbocycles. The summed E-state index contributed by atoms with van der Waals surface area (Å²) in [4.78, 5) is 24.2. The van der Waals surface area contributed by atoms with Gasteiger partial charge in [0.2, 0.25) is 0 Å². The molecule has 0 aromatic heterocycles. The molecular weight excluding hydrogens is 479 g/mol. The number of carbonyl (C=O) groups excluding carboxylic acids is 2. The lowest BCUT2D eigenvalue weighted by atomic mass is 10.2. The summed E-state index contributed by atoms with van der Waals surface area (Å²) in [6.07, 6.45) is -1.05. The van der Waals surface area contributed by atoms with Gasteiger partial charge in [-0.2, -0.15) is 12.7 Å². The molecule has 0 aliphatic heterocycles. The van der Waals surface area contributed by atoms with E-state index in [1.807, 2.05) is 0 Å². The van der Waals surface area contributed by atoms with Crippen molar-refractivity contribution in [3.63, 3.8) is 0 Å². The average Bonchev–Trinajstić information content (AvgIpc) is 2.72. The molecule has 1 amide bonds. The Kier molecular flexibility index (Phi) is 8.03. The van der Waals surface area contributed by atoms with Crippen molar-refractivity contribution in [1.29, 1.82) is 0 Å². The molecule has 0 heterocycles. The van der Waals surface area contributed by atoms with Crippen molar-refractivity contribution >= 4 is 51.2 Å². The first-order valence-electron chi connectivity index (χ1n) is 9.38. The molecular formula is C21H24Cl2N2O6S. The number of benzene rings is 2. The third kappa shape index (κ3) is 6.05. The molecule has 0 radical (unpaired) electrons. The summed E-state index contributed by atoms with van der Waals surface area (Å²) in [6, 6.07) is 10.5. The number of amides is 1. The Balaban J connectivity index is 2.53. The molecule has 0 N–H and O–H groups in total. The highest BCUT2D eigenvalue weighted by atomic mass is 35.5. The smallest absolute Gasteiger partial charge is 0.425 e. The predicted octanol–water partition coefficient (Wildman–Crippen LogP) is 4.90. The maximum Gasteiger partial charge on any atom is 0.425 e. The SMILES string of the molecule is COC(=O)c1ccc(N(Cc2cccc(Cl)c2Cl)S(=O)(=O)N(C)C(=O)OC(C)(C)C)cc1. The summed E-state index contributed by atoms with van der Waals surface area (Å²) in [5.41, 5.74) is -0.0687. The predicted molar refractivity (Wildman–Crippen MR) is 123 cm³/mol. The van der Waals surface area contributed by atoms with Crippen molar-refractivity contribution in [3.05, 3.63) is 63.6 Å². The number of hydrogen-bond acceptors (Lipinski definition) is 6. The van der Waals surface area contributed by atoms with Crippen molar-refractivity contribution in [2.24, 2.45) is 0 Å². The monoisotopic (exact) mass is 502 g/mol. The fraction of sp³-hybridized carbons (Fsp3) is 0.333. The van der Waals surface area contributed by atoms with Crippen molar-refractivity contribution in [1.82, 2.24) is 4.31 Å². The Morgan fingerprint density at radius 2 is 1.62 bits per heavy atom. The Bertz CT molecular complexity index is 1100. The largest absolute Gasteiger partial charge is 0.465 e. The highest BCUT2D eigenvalue weighted by Crippen LogP contribution is 2.30. The zero-order valence-electron chi connectivity index (χ0n) is 18.3. The Morgan fingerprint density at radius 3 is 2.16 bits per heavy atom. The molecule has 174 valence electrons. The summed E-state index contributed by atoms with van der Waals surface area (Å²) in [6.45, 7) is 4.65. The number of rotatable bonds is 6. The Hall–Kier alpha value is -2.49. The molecule has 11 heteroatoms. The van der Waals surface area contributed by atoms with Crippen LogP contribution in [0.4, 0.5) is 10.5 Å². The lowest BCUT2D eigenvalue weighted by Crippen LogP contribution is -2.46. The van der Waals surface area contributed by atoms with E-state index in [-0.39, 0.29) is 27.8 Å². The standard InChI is InChI=1S/C21H24Cl2N2O6S/c1-21(2,3)31-20(27)24(4)32(28,29)25(13-15-7-6-8-17(22)18(15)23)16-11-9-14(10-12-16)19(26)30-5/h6-12H,13H2,1-5H3. The molecule has 8 nitrogen and oxygen atoms in total. The number of esters is 1. The summed E-state index contributed by atoms with van der Waals surface area (Å²) in [5.74, 6) is -0.574. The molecule has 32 heavy (non-hydrogen) atoms. The molecule has 0 unspecified atom stereocenters. The Morgan fingerprint density at radius 1 is 1.03 bits per heavy atom. The minimum Gasteiger partial charge on any atom is -0.465 e. The van der Waals surface area contributed by atoms with E-state index in [9.17, 15) is 18.0 Å². The van der Waals surface area contributed by atoms with Gasteiger partial charge in [0.15, 0.2) is 0 Å². The maximum absolute atomic E-state index is 13.4. The van der Waals surface area contributed by atoms with Crippen LogP contribution in [0.15, 0.2) is 42.5 Å². The fourth-order valence-electron chi connectivity index (χ4n) is 2.58. The second-order valence-corrected chi connectivity index (χ2v) is 10.4. The van der Waals surface area contributed by atoms with E-state index in [0.717, 1.165) is 11.4 Å². The number of hydrogen-bond donors (Lipinski definition) is 0. The van der Waals surface area contributed by atoms with Crippen LogP contribution in [0.25, 0.3) is 0 Å². The normalized spacial score (nSPS) is 11.6. The van der Waals surface area contributed by atoms with Crippen LogP contribution < -0.4 is 4.31 Å². The molecule has 2 aromatic rings. The third-order valence-corrected chi connectivity index (χ3v) is 6.79. The molecule has 0 aliphatic rings. The minimum atomic E-state index is -4.42. The van der Waals surface area contributed by atoms with Crippen LogP contribution in [-0.4, -0.2) is 44.5 Å². The van der Waals surface area contributed by atoms with Crippen LogP contribution >= 0.6 is 23.2 Å². The van der Waals surface area contributed by atoms with Gasteiger partial charge in [0.1, 0.15) is 5.60 Å². The van der Waals surface area contributed by atoms with Gasteiger partial charge >= 0.3 is 22.3 Å². The molecule has 0 saturated heterocycles. The Labute approximate surface area is 197 Å². The second-order valence-electron chi connectivity index (χ2n) is 7.71. The first-order valence-corrected chi connectivity index (χ1v) is 11.5. The topological polar surface area (TPSA) is 93.2 Å². The van der Waals surface area contributed by atoms with E-state index in [0.29, 0.717) is 9.87 Å². The van der Waals surface area contributed by atoms with Gasteiger partial charge in [-0.25, -0.2) is 13.9 Å². The average molecular weight is 503 g/mol. The second kappa shape index (κ2) is 9.97.